The first-order valence-corrected chi connectivity index (χ1v) is 11.3. The van der Waals surface area contributed by atoms with Gasteiger partial charge in [-0.1, -0.05) is 6.07 Å². The van der Waals surface area contributed by atoms with E-state index in [1.165, 1.54) is 49.4 Å². The summed E-state index contributed by atoms with van der Waals surface area (Å²) in [7, 11) is 0. The number of anilines is 2. The third kappa shape index (κ3) is 6.29. The maximum absolute atomic E-state index is 15.0. The molecule has 37 heavy (non-hydrogen) atoms. The van der Waals surface area contributed by atoms with Crippen molar-refractivity contribution in [2.24, 2.45) is 0 Å². The number of aryl methyl sites for hydroxylation is 2. The quantitative estimate of drug-likeness (QED) is 0.209. The average molecular weight is 537 g/mol. The molecule has 0 atom stereocenters. The summed E-state index contributed by atoms with van der Waals surface area (Å²) in [6.07, 6.45) is -0.244. The van der Waals surface area contributed by atoms with Crippen LogP contribution >= 0.6 is 12.2 Å². The van der Waals surface area contributed by atoms with Gasteiger partial charge in [-0.2, -0.15) is 18.4 Å². The largest absolute Gasteiger partial charge is 0.449 e. The van der Waals surface area contributed by atoms with Crippen molar-refractivity contribution in [1.29, 1.82) is 5.26 Å². The Balaban J connectivity index is 1.89. The predicted molar refractivity (Wildman–Crippen MR) is 130 cm³/mol. The molecule has 1 N–H and O–H groups in total. The zero-order chi connectivity index (χ0) is 27.4. The fourth-order valence-corrected chi connectivity index (χ4v) is 4.11. The van der Waals surface area contributed by atoms with Crippen molar-refractivity contribution in [2.75, 3.05) is 10.2 Å². The Labute approximate surface area is 214 Å². The fraction of sp³-hybridized carbons (Fsp3) is 0.280. The van der Waals surface area contributed by atoms with Gasteiger partial charge in [0.2, 0.25) is 0 Å². The predicted octanol–water partition coefficient (Wildman–Crippen LogP) is 6.20. The fourth-order valence-electron chi connectivity index (χ4n) is 3.66. The highest BCUT2D eigenvalue weighted by molar-refractivity contribution is 7.80. The van der Waals surface area contributed by atoms with Crippen LogP contribution in [0, 0.1) is 23.0 Å². The number of oxazole rings is 1. The number of alkyl halides is 3. The maximum Gasteiger partial charge on any atom is 0.420 e. The van der Waals surface area contributed by atoms with E-state index in [0.29, 0.717) is 37.0 Å². The van der Waals surface area contributed by atoms with E-state index in [0.717, 1.165) is 18.2 Å². The molecule has 0 aliphatic carbocycles. The van der Waals surface area contributed by atoms with E-state index in [1.807, 2.05) is 0 Å². The van der Waals surface area contributed by atoms with Crippen LogP contribution in [0.4, 0.5) is 33.3 Å². The van der Waals surface area contributed by atoms with Gasteiger partial charge in [-0.05, 0) is 68.7 Å². The van der Waals surface area contributed by atoms with Crippen molar-refractivity contribution in [1.82, 2.24) is 4.98 Å². The summed E-state index contributed by atoms with van der Waals surface area (Å²) in [6, 6.07) is 7.18. The number of hydrogen-bond acceptors (Lipinski definition) is 5. The highest BCUT2D eigenvalue weighted by atomic mass is 32.1. The number of nitrogens with zero attached hydrogens (tertiary/aromatic N) is 3. The maximum atomic E-state index is 15.0. The molecular formula is C25H21F5N4O2S. The Bertz CT molecular complexity index is 1330. The molecule has 3 rings (SSSR count). The first-order chi connectivity index (χ1) is 17.4. The molecule has 0 aliphatic heterocycles. The summed E-state index contributed by atoms with van der Waals surface area (Å²) in [5.41, 5.74) is -4.19. The Kier molecular flexibility index (Phi) is 8.28. The van der Waals surface area contributed by atoms with Gasteiger partial charge in [-0.15, -0.1) is 0 Å². The Morgan fingerprint density at radius 3 is 2.51 bits per heavy atom. The zero-order valence-electron chi connectivity index (χ0n) is 19.7. The second-order valence-corrected chi connectivity index (χ2v) is 8.94. The second kappa shape index (κ2) is 11.0. The van der Waals surface area contributed by atoms with Crippen LogP contribution in [0.1, 0.15) is 42.8 Å². The van der Waals surface area contributed by atoms with Crippen LogP contribution in [0.5, 0.6) is 0 Å². The lowest BCUT2D eigenvalue weighted by atomic mass is 10.0. The van der Waals surface area contributed by atoms with Gasteiger partial charge in [-0.25, -0.2) is 13.8 Å². The molecule has 194 valence electrons. The molecule has 0 bridgehead atoms. The van der Waals surface area contributed by atoms with Gasteiger partial charge in [0.15, 0.2) is 16.8 Å². The highest BCUT2D eigenvalue weighted by Gasteiger charge is 2.39. The Morgan fingerprint density at radius 1 is 1.22 bits per heavy atom. The molecule has 0 unspecified atom stereocenters. The monoisotopic (exact) mass is 536 g/mol. The van der Waals surface area contributed by atoms with E-state index in [4.69, 9.17) is 21.9 Å². The lowest BCUT2D eigenvalue weighted by Crippen LogP contribution is -2.51. The smallest absolute Gasteiger partial charge is 0.420 e. The number of hydrogen-bond donors (Lipinski definition) is 1. The molecular weight excluding hydrogens is 515 g/mol. The van der Waals surface area contributed by atoms with Gasteiger partial charge < -0.3 is 19.4 Å². The summed E-state index contributed by atoms with van der Waals surface area (Å²) in [5, 5.41) is 11.0. The number of carbonyl (C=O) groups is 1. The molecule has 12 heteroatoms. The van der Waals surface area contributed by atoms with E-state index in [-0.39, 0.29) is 10.8 Å². The summed E-state index contributed by atoms with van der Waals surface area (Å²) < 4.78 is 75.0. The number of aldehydes is 1. The molecule has 0 spiro atoms. The summed E-state index contributed by atoms with van der Waals surface area (Å²) in [4.78, 5) is 17.0. The third-order valence-electron chi connectivity index (χ3n) is 5.47. The molecule has 6 nitrogen and oxygen atoms in total. The van der Waals surface area contributed by atoms with Crippen LogP contribution in [0.15, 0.2) is 47.2 Å². The number of thiocarbonyl (C=S) groups is 1. The molecule has 0 saturated heterocycles. The van der Waals surface area contributed by atoms with Crippen molar-refractivity contribution in [3.8, 4) is 6.07 Å². The van der Waals surface area contributed by atoms with E-state index >= 15 is 0 Å². The molecule has 1 heterocycles. The minimum Gasteiger partial charge on any atom is -0.449 e. The van der Waals surface area contributed by atoms with Gasteiger partial charge in [0, 0.05) is 12.1 Å². The standard InChI is InChI=1S/C25H21F5N4O2S/c1-24(2,14-35)34(17-8-6-15(18(26)12-17)4-3-5-20-32-10-11-36-20)23(37)33-19-9-7-16(13-31)21(22(19)27)25(28,29)30/h6-12,14H,3-5H2,1-2H3,(H,33,37). The lowest BCUT2D eigenvalue weighted by molar-refractivity contribution is -0.140. The van der Waals surface area contributed by atoms with Crippen molar-refractivity contribution >= 4 is 35.0 Å². The van der Waals surface area contributed by atoms with Gasteiger partial charge in [-0.3, -0.25) is 0 Å². The minimum absolute atomic E-state index is 0.119. The molecule has 0 fully saturated rings. The number of rotatable bonds is 8. The molecule has 1 aromatic heterocycles. The average Bonchev–Trinajstić information content (AvgIpc) is 3.34. The van der Waals surface area contributed by atoms with Gasteiger partial charge in [0.1, 0.15) is 23.9 Å². The van der Waals surface area contributed by atoms with Gasteiger partial charge in [0.05, 0.1) is 29.1 Å². The minimum atomic E-state index is -5.14. The van der Waals surface area contributed by atoms with Crippen LogP contribution in [0.25, 0.3) is 0 Å². The van der Waals surface area contributed by atoms with Crippen LogP contribution in [0.3, 0.4) is 0 Å². The molecule has 0 saturated carbocycles. The zero-order valence-corrected chi connectivity index (χ0v) is 20.5. The van der Waals surface area contributed by atoms with Gasteiger partial charge >= 0.3 is 6.18 Å². The van der Waals surface area contributed by atoms with E-state index in [1.54, 1.807) is 0 Å². The third-order valence-corrected chi connectivity index (χ3v) is 5.76. The summed E-state index contributed by atoms with van der Waals surface area (Å²) in [6.45, 7) is 2.90. The number of nitriles is 1. The molecule has 0 amide bonds. The number of aromatic nitrogens is 1. The van der Waals surface area contributed by atoms with Crippen LogP contribution in [-0.4, -0.2) is 21.9 Å². The topological polar surface area (TPSA) is 82.2 Å². The molecule has 2 aromatic carbocycles. The van der Waals surface area contributed by atoms with Gasteiger partial charge in [0.25, 0.3) is 0 Å². The van der Waals surface area contributed by atoms with Crippen LogP contribution < -0.4 is 10.2 Å². The van der Waals surface area contributed by atoms with Crippen LogP contribution in [-0.2, 0) is 23.8 Å². The highest BCUT2D eigenvalue weighted by Crippen LogP contribution is 2.37. The van der Waals surface area contributed by atoms with Crippen LogP contribution in [0.2, 0.25) is 0 Å². The first-order valence-electron chi connectivity index (χ1n) is 10.9. The Morgan fingerprint density at radius 2 is 1.95 bits per heavy atom. The summed E-state index contributed by atoms with van der Waals surface area (Å²) in [5.74, 6) is -1.80. The number of carbonyl (C=O) groups excluding carboxylic acids is 1. The first kappa shape index (κ1) is 27.7. The van der Waals surface area contributed by atoms with E-state index in [9.17, 15) is 26.7 Å². The number of benzene rings is 2. The number of nitrogens with one attached hydrogen (secondary N) is 1. The van der Waals surface area contributed by atoms with E-state index < -0.39 is 40.2 Å². The normalized spacial score (nSPS) is 11.6. The molecule has 0 aliphatic rings. The lowest BCUT2D eigenvalue weighted by Gasteiger charge is -2.36. The van der Waals surface area contributed by atoms with Crippen molar-refractivity contribution in [2.45, 2.75) is 44.8 Å². The summed E-state index contributed by atoms with van der Waals surface area (Å²) >= 11 is 5.31. The second-order valence-electron chi connectivity index (χ2n) is 8.55. The Hall–Kier alpha value is -3.85. The molecule has 3 aromatic rings. The van der Waals surface area contributed by atoms with Crippen molar-refractivity contribution < 1.29 is 31.2 Å². The van der Waals surface area contributed by atoms with Crippen molar-refractivity contribution in [3.63, 3.8) is 0 Å². The number of halogens is 5. The van der Waals surface area contributed by atoms with E-state index in [2.05, 4.69) is 10.3 Å². The molecule has 0 radical (unpaired) electrons. The SMILES string of the molecule is CC(C)(C=O)N(C(=S)Nc1ccc(C#N)c(C(F)(F)F)c1F)c1ccc(CCCc2ncco2)c(F)c1. The van der Waals surface area contributed by atoms with Crippen molar-refractivity contribution in [3.05, 3.63) is 77.0 Å².